The van der Waals surface area contributed by atoms with Crippen LogP contribution in [0.2, 0.25) is 0 Å². The first-order valence-electron chi connectivity index (χ1n) is 3.58. The van der Waals surface area contributed by atoms with Crippen LogP contribution >= 0.6 is 0 Å². The Hall–Kier alpha value is -0.830. The molecule has 2 rings (SSSR count). The van der Waals surface area contributed by atoms with E-state index in [0.29, 0.717) is 6.04 Å². The van der Waals surface area contributed by atoms with Crippen molar-refractivity contribution in [2.75, 3.05) is 0 Å². The SMILES string of the molecule is C[C@H]1Cn2cncc2CN1. The Balaban J connectivity index is 2.30. The topological polar surface area (TPSA) is 29.9 Å². The molecule has 54 valence electrons. The molecule has 0 amide bonds. The predicted molar refractivity (Wildman–Crippen MR) is 38.5 cm³/mol. The van der Waals surface area contributed by atoms with Crippen molar-refractivity contribution in [1.29, 1.82) is 0 Å². The van der Waals surface area contributed by atoms with Gasteiger partial charge in [0.15, 0.2) is 0 Å². The van der Waals surface area contributed by atoms with Crippen LogP contribution in [-0.4, -0.2) is 15.6 Å². The number of hydrogen-bond acceptors (Lipinski definition) is 2. The van der Waals surface area contributed by atoms with Gasteiger partial charge in [0.1, 0.15) is 0 Å². The average Bonchev–Trinajstić information content (AvgIpc) is 2.33. The number of rotatable bonds is 0. The van der Waals surface area contributed by atoms with E-state index >= 15 is 0 Å². The van der Waals surface area contributed by atoms with Gasteiger partial charge in [-0.25, -0.2) is 4.98 Å². The maximum absolute atomic E-state index is 4.06. The first-order valence-corrected chi connectivity index (χ1v) is 3.58. The number of nitrogens with one attached hydrogen (secondary N) is 1. The summed E-state index contributed by atoms with van der Waals surface area (Å²) in [5.74, 6) is 0. The van der Waals surface area contributed by atoms with Crippen LogP contribution in [0.4, 0.5) is 0 Å². The average molecular weight is 137 g/mol. The Morgan fingerprint density at radius 3 is 3.60 bits per heavy atom. The van der Waals surface area contributed by atoms with Crippen molar-refractivity contribution < 1.29 is 0 Å². The van der Waals surface area contributed by atoms with E-state index in [0.717, 1.165) is 13.1 Å². The second kappa shape index (κ2) is 2.09. The lowest BCUT2D eigenvalue weighted by molar-refractivity contribution is 0.416. The highest BCUT2D eigenvalue weighted by atomic mass is 15.1. The fourth-order valence-electron chi connectivity index (χ4n) is 1.30. The highest BCUT2D eigenvalue weighted by molar-refractivity contribution is 5.01. The zero-order valence-electron chi connectivity index (χ0n) is 6.04. The molecule has 10 heavy (non-hydrogen) atoms. The van der Waals surface area contributed by atoms with Crippen molar-refractivity contribution in [3.63, 3.8) is 0 Å². The first kappa shape index (κ1) is 5.92. The summed E-state index contributed by atoms with van der Waals surface area (Å²) in [4.78, 5) is 4.06. The second-order valence-electron chi connectivity index (χ2n) is 2.82. The van der Waals surface area contributed by atoms with Crippen molar-refractivity contribution in [3.8, 4) is 0 Å². The molecule has 0 spiro atoms. The van der Waals surface area contributed by atoms with E-state index < -0.39 is 0 Å². The summed E-state index contributed by atoms with van der Waals surface area (Å²) in [6.45, 7) is 4.19. The number of aromatic nitrogens is 2. The van der Waals surface area contributed by atoms with Gasteiger partial charge in [0.2, 0.25) is 0 Å². The zero-order valence-corrected chi connectivity index (χ0v) is 6.04. The Morgan fingerprint density at radius 1 is 1.80 bits per heavy atom. The molecular formula is C7H11N3. The molecule has 3 nitrogen and oxygen atoms in total. The van der Waals surface area contributed by atoms with Gasteiger partial charge in [-0.3, -0.25) is 0 Å². The lowest BCUT2D eigenvalue weighted by Crippen LogP contribution is -2.35. The molecule has 0 radical (unpaired) electrons. The third-order valence-electron chi connectivity index (χ3n) is 1.90. The summed E-state index contributed by atoms with van der Waals surface area (Å²) in [6.07, 6.45) is 3.81. The van der Waals surface area contributed by atoms with E-state index in [4.69, 9.17) is 0 Å². The molecule has 1 N–H and O–H groups in total. The minimum Gasteiger partial charge on any atom is -0.332 e. The van der Waals surface area contributed by atoms with Gasteiger partial charge in [0.05, 0.1) is 12.0 Å². The Kier molecular flexibility index (Phi) is 1.24. The highest BCUT2D eigenvalue weighted by Gasteiger charge is 2.11. The maximum atomic E-state index is 4.06. The first-order chi connectivity index (χ1) is 4.86. The highest BCUT2D eigenvalue weighted by Crippen LogP contribution is 2.06. The van der Waals surface area contributed by atoms with Crippen LogP contribution in [0.25, 0.3) is 0 Å². The molecule has 0 unspecified atom stereocenters. The number of imidazole rings is 1. The van der Waals surface area contributed by atoms with Crippen LogP contribution in [0.3, 0.4) is 0 Å². The monoisotopic (exact) mass is 137 g/mol. The largest absolute Gasteiger partial charge is 0.332 e. The van der Waals surface area contributed by atoms with Crippen LogP contribution in [0.15, 0.2) is 12.5 Å². The van der Waals surface area contributed by atoms with Gasteiger partial charge >= 0.3 is 0 Å². The van der Waals surface area contributed by atoms with Crippen molar-refractivity contribution in [1.82, 2.24) is 14.9 Å². The van der Waals surface area contributed by atoms with Gasteiger partial charge in [0, 0.05) is 25.3 Å². The fraction of sp³-hybridized carbons (Fsp3) is 0.571. The van der Waals surface area contributed by atoms with Gasteiger partial charge in [-0.1, -0.05) is 0 Å². The molecule has 0 fully saturated rings. The van der Waals surface area contributed by atoms with Crippen LogP contribution in [0.1, 0.15) is 12.6 Å². The van der Waals surface area contributed by atoms with Crippen molar-refractivity contribution in [2.45, 2.75) is 26.1 Å². The van der Waals surface area contributed by atoms with Gasteiger partial charge in [-0.15, -0.1) is 0 Å². The summed E-state index contributed by atoms with van der Waals surface area (Å²) in [7, 11) is 0. The molecule has 1 aliphatic heterocycles. The quantitative estimate of drug-likeness (QED) is 0.560. The third kappa shape index (κ3) is 0.827. The van der Waals surface area contributed by atoms with E-state index in [1.165, 1.54) is 5.69 Å². The maximum Gasteiger partial charge on any atom is 0.0949 e. The normalized spacial score (nSPS) is 24.3. The van der Waals surface area contributed by atoms with E-state index in [2.05, 4.69) is 21.8 Å². The second-order valence-corrected chi connectivity index (χ2v) is 2.82. The molecule has 0 saturated heterocycles. The summed E-state index contributed by atoms with van der Waals surface area (Å²) in [6, 6.07) is 0.585. The molecule has 0 saturated carbocycles. The van der Waals surface area contributed by atoms with E-state index in [1.807, 2.05) is 12.5 Å². The van der Waals surface area contributed by atoms with Crippen LogP contribution in [-0.2, 0) is 13.1 Å². The van der Waals surface area contributed by atoms with Crippen LogP contribution in [0.5, 0.6) is 0 Å². The molecule has 0 aliphatic carbocycles. The number of fused-ring (bicyclic) bond motifs is 1. The molecule has 1 aromatic rings. The predicted octanol–water partition coefficient (Wildman–Crippen LogP) is 0.375. The van der Waals surface area contributed by atoms with Gasteiger partial charge in [-0.05, 0) is 6.92 Å². The van der Waals surface area contributed by atoms with Crippen LogP contribution < -0.4 is 5.32 Å². The zero-order chi connectivity index (χ0) is 6.97. The minimum absolute atomic E-state index is 0.585. The number of hydrogen-bond donors (Lipinski definition) is 1. The lowest BCUT2D eigenvalue weighted by Gasteiger charge is -2.21. The summed E-state index contributed by atoms with van der Waals surface area (Å²) >= 11 is 0. The molecular weight excluding hydrogens is 126 g/mol. The summed E-state index contributed by atoms with van der Waals surface area (Å²) < 4.78 is 2.20. The molecule has 0 aromatic carbocycles. The summed E-state index contributed by atoms with van der Waals surface area (Å²) in [5.41, 5.74) is 1.29. The Bertz CT molecular complexity index is 229. The number of nitrogens with zero attached hydrogens (tertiary/aromatic N) is 2. The molecule has 1 aliphatic rings. The van der Waals surface area contributed by atoms with E-state index in [-0.39, 0.29) is 0 Å². The van der Waals surface area contributed by atoms with E-state index in [9.17, 15) is 0 Å². The molecule has 1 aromatic heterocycles. The Labute approximate surface area is 60.1 Å². The fourth-order valence-corrected chi connectivity index (χ4v) is 1.30. The lowest BCUT2D eigenvalue weighted by atomic mass is 10.2. The van der Waals surface area contributed by atoms with E-state index in [1.54, 1.807) is 0 Å². The van der Waals surface area contributed by atoms with Gasteiger partial charge < -0.3 is 9.88 Å². The minimum atomic E-state index is 0.585. The Morgan fingerprint density at radius 2 is 2.70 bits per heavy atom. The van der Waals surface area contributed by atoms with Crippen molar-refractivity contribution in [3.05, 3.63) is 18.2 Å². The molecule has 3 heteroatoms. The third-order valence-corrected chi connectivity index (χ3v) is 1.90. The van der Waals surface area contributed by atoms with Crippen molar-refractivity contribution >= 4 is 0 Å². The summed E-state index contributed by atoms with van der Waals surface area (Å²) in [5, 5.41) is 3.36. The van der Waals surface area contributed by atoms with Crippen molar-refractivity contribution in [2.24, 2.45) is 0 Å². The standard InChI is InChI=1S/C7H11N3/c1-6-4-10-5-8-2-7(10)3-9-6/h2,5-6,9H,3-4H2,1H3/t6-/m0/s1. The van der Waals surface area contributed by atoms with Crippen LogP contribution in [0, 0.1) is 0 Å². The molecule has 2 heterocycles. The van der Waals surface area contributed by atoms with Gasteiger partial charge in [0.25, 0.3) is 0 Å². The molecule has 0 bridgehead atoms. The smallest absolute Gasteiger partial charge is 0.0949 e. The van der Waals surface area contributed by atoms with Gasteiger partial charge in [-0.2, -0.15) is 0 Å². The molecule has 1 atom stereocenters.